The molecule has 0 unspecified atom stereocenters. The molecule has 5 nitrogen and oxygen atoms in total. The van der Waals surface area contributed by atoms with Crippen LogP contribution in [0.1, 0.15) is 12.0 Å². The third-order valence-corrected chi connectivity index (χ3v) is 4.71. The second-order valence-electron chi connectivity index (χ2n) is 6.33. The maximum atomic E-state index is 13.5. The Morgan fingerprint density at radius 3 is 2.75 bits per heavy atom. The van der Waals surface area contributed by atoms with Gasteiger partial charge in [0.25, 0.3) is 0 Å². The Kier molecular flexibility index (Phi) is 3.69. The highest BCUT2D eigenvalue weighted by Crippen LogP contribution is 2.23. The summed E-state index contributed by atoms with van der Waals surface area (Å²) in [4.78, 5) is 21.7. The van der Waals surface area contributed by atoms with Crippen molar-refractivity contribution in [2.45, 2.75) is 19.9 Å². The standard InChI is InChI=1S/C18H19FN4O/c1-12-9-13(3-4-15(12)19)14-10-16-17(20-11-14)21-18(24)23(16)8-7-22-5-2-6-22/h3-4,9-11H,2,5-8H2,1H3,(H,20,21,24). The van der Waals surface area contributed by atoms with E-state index in [0.29, 0.717) is 17.8 Å². The monoisotopic (exact) mass is 326 g/mol. The molecule has 24 heavy (non-hydrogen) atoms. The highest BCUT2D eigenvalue weighted by molar-refractivity contribution is 5.78. The first kappa shape index (κ1) is 15.1. The van der Waals surface area contributed by atoms with Gasteiger partial charge in [-0.3, -0.25) is 9.55 Å². The van der Waals surface area contributed by atoms with Crippen LogP contribution >= 0.6 is 0 Å². The molecule has 0 spiro atoms. The number of likely N-dealkylation sites (tertiary alicyclic amines) is 1. The lowest BCUT2D eigenvalue weighted by atomic mass is 10.0. The normalized spacial score (nSPS) is 14.9. The van der Waals surface area contributed by atoms with E-state index in [1.807, 2.05) is 6.07 Å². The SMILES string of the molecule is Cc1cc(-c2cnc3[nH]c(=O)n(CCN4CCC4)c3c2)ccc1F. The number of aryl methyl sites for hydroxylation is 1. The van der Waals surface area contributed by atoms with Gasteiger partial charge in [0, 0.05) is 24.8 Å². The van der Waals surface area contributed by atoms with E-state index in [9.17, 15) is 9.18 Å². The molecule has 1 saturated heterocycles. The molecule has 1 fully saturated rings. The largest absolute Gasteiger partial charge is 0.327 e. The fourth-order valence-electron chi connectivity index (χ4n) is 3.08. The molecule has 3 heterocycles. The van der Waals surface area contributed by atoms with E-state index < -0.39 is 0 Å². The molecule has 6 heteroatoms. The van der Waals surface area contributed by atoms with Crippen LogP contribution in [-0.2, 0) is 6.54 Å². The summed E-state index contributed by atoms with van der Waals surface area (Å²) in [7, 11) is 0. The lowest BCUT2D eigenvalue weighted by Gasteiger charge is -2.30. The topological polar surface area (TPSA) is 53.9 Å². The Hall–Kier alpha value is -2.47. The van der Waals surface area contributed by atoms with Gasteiger partial charge in [0.05, 0.1) is 5.52 Å². The number of imidazole rings is 1. The van der Waals surface area contributed by atoms with Gasteiger partial charge in [0.1, 0.15) is 5.82 Å². The van der Waals surface area contributed by atoms with Crippen LogP contribution in [0.25, 0.3) is 22.3 Å². The number of pyridine rings is 1. The number of nitrogens with zero attached hydrogens (tertiary/aromatic N) is 3. The average Bonchev–Trinajstić information content (AvgIpc) is 2.84. The minimum Gasteiger partial charge on any atom is -0.301 e. The number of H-pyrrole nitrogens is 1. The maximum Gasteiger partial charge on any atom is 0.327 e. The second kappa shape index (κ2) is 5.87. The third kappa shape index (κ3) is 2.63. The quantitative estimate of drug-likeness (QED) is 0.802. The van der Waals surface area contributed by atoms with Gasteiger partial charge in [0.15, 0.2) is 5.65 Å². The zero-order valence-corrected chi connectivity index (χ0v) is 13.6. The number of hydrogen-bond donors (Lipinski definition) is 1. The zero-order chi connectivity index (χ0) is 16.7. The molecule has 1 aromatic carbocycles. The van der Waals surface area contributed by atoms with Crippen molar-refractivity contribution < 1.29 is 4.39 Å². The van der Waals surface area contributed by atoms with Gasteiger partial charge in [-0.2, -0.15) is 0 Å². The average molecular weight is 326 g/mol. The first-order chi connectivity index (χ1) is 11.6. The zero-order valence-electron chi connectivity index (χ0n) is 13.6. The van der Waals surface area contributed by atoms with Crippen molar-refractivity contribution in [1.29, 1.82) is 0 Å². The van der Waals surface area contributed by atoms with Crippen LogP contribution < -0.4 is 5.69 Å². The predicted octanol–water partition coefficient (Wildman–Crippen LogP) is 2.54. The molecule has 124 valence electrons. The van der Waals surface area contributed by atoms with Gasteiger partial charge in [0.2, 0.25) is 0 Å². The molecule has 0 aliphatic carbocycles. The molecule has 1 N–H and O–H groups in total. The summed E-state index contributed by atoms with van der Waals surface area (Å²) < 4.78 is 15.2. The van der Waals surface area contributed by atoms with E-state index in [1.54, 1.807) is 29.8 Å². The van der Waals surface area contributed by atoms with E-state index in [4.69, 9.17) is 0 Å². The number of hydrogen-bond acceptors (Lipinski definition) is 3. The van der Waals surface area contributed by atoms with Gasteiger partial charge in [-0.05, 0) is 55.8 Å². The van der Waals surface area contributed by atoms with Gasteiger partial charge >= 0.3 is 5.69 Å². The van der Waals surface area contributed by atoms with Crippen molar-refractivity contribution in [3.05, 3.63) is 52.3 Å². The summed E-state index contributed by atoms with van der Waals surface area (Å²) >= 11 is 0. The lowest BCUT2D eigenvalue weighted by Crippen LogP contribution is -2.40. The van der Waals surface area contributed by atoms with Gasteiger partial charge in [-0.15, -0.1) is 0 Å². The fraction of sp³-hybridized carbons (Fsp3) is 0.333. The summed E-state index contributed by atoms with van der Waals surface area (Å²) in [6.45, 7) is 5.47. The molecular formula is C18H19FN4O. The number of aromatic amines is 1. The highest BCUT2D eigenvalue weighted by atomic mass is 19.1. The van der Waals surface area contributed by atoms with Crippen molar-refractivity contribution in [1.82, 2.24) is 19.4 Å². The van der Waals surface area contributed by atoms with Crippen LogP contribution in [0.2, 0.25) is 0 Å². The number of fused-ring (bicyclic) bond motifs is 1. The van der Waals surface area contributed by atoms with Crippen molar-refractivity contribution in [3.63, 3.8) is 0 Å². The number of rotatable bonds is 4. The molecule has 0 atom stereocenters. The number of nitrogens with one attached hydrogen (secondary N) is 1. The first-order valence-electron chi connectivity index (χ1n) is 8.19. The molecule has 0 amide bonds. The molecule has 1 aliphatic heterocycles. The number of aromatic nitrogens is 3. The number of benzene rings is 1. The molecule has 3 aromatic rings. The molecule has 4 rings (SSSR count). The summed E-state index contributed by atoms with van der Waals surface area (Å²) in [5, 5.41) is 0. The Morgan fingerprint density at radius 1 is 1.21 bits per heavy atom. The number of halogens is 1. The van der Waals surface area contributed by atoms with Gasteiger partial charge in [-0.1, -0.05) is 6.07 Å². The van der Waals surface area contributed by atoms with Crippen molar-refractivity contribution >= 4 is 11.2 Å². The third-order valence-electron chi connectivity index (χ3n) is 4.71. The Balaban J connectivity index is 1.72. The van der Waals surface area contributed by atoms with E-state index in [1.165, 1.54) is 12.5 Å². The Morgan fingerprint density at radius 2 is 2.04 bits per heavy atom. The van der Waals surface area contributed by atoms with Crippen LogP contribution in [0, 0.1) is 12.7 Å². The molecule has 0 radical (unpaired) electrons. The smallest absolute Gasteiger partial charge is 0.301 e. The van der Waals surface area contributed by atoms with E-state index >= 15 is 0 Å². The summed E-state index contributed by atoms with van der Waals surface area (Å²) in [5.74, 6) is -0.221. The minimum absolute atomic E-state index is 0.134. The van der Waals surface area contributed by atoms with E-state index in [0.717, 1.165) is 36.3 Å². The Labute approximate surface area is 138 Å². The fourth-order valence-corrected chi connectivity index (χ4v) is 3.08. The van der Waals surface area contributed by atoms with E-state index in [-0.39, 0.29) is 11.5 Å². The van der Waals surface area contributed by atoms with Crippen molar-refractivity contribution in [2.75, 3.05) is 19.6 Å². The van der Waals surface area contributed by atoms with E-state index in [2.05, 4.69) is 14.9 Å². The highest BCUT2D eigenvalue weighted by Gasteiger charge is 2.15. The van der Waals surface area contributed by atoms with Crippen LogP contribution in [0.3, 0.4) is 0 Å². The maximum absolute atomic E-state index is 13.5. The molecule has 0 saturated carbocycles. The van der Waals surface area contributed by atoms with Crippen LogP contribution in [-0.4, -0.2) is 39.1 Å². The van der Waals surface area contributed by atoms with Crippen LogP contribution in [0.5, 0.6) is 0 Å². The lowest BCUT2D eigenvalue weighted by molar-refractivity contribution is 0.175. The van der Waals surface area contributed by atoms with Crippen LogP contribution in [0.4, 0.5) is 4.39 Å². The molecule has 0 bridgehead atoms. The predicted molar refractivity (Wildman–Crippen MR) is 91.5 cm³/mol. The Bertz CT molecular complexity index is 955. The van der Waals surface area contributed by atoms with Crippen molar-refractivity contribution in [2.24, 2.45) is 0 Å². The summed E-state index contributed by atoms with van der Waals surface area (Å²) in [6, 6.07) is 6.94. The summed E-state index contributed by atoms with van der Waals surface area (Å²) in [5.41, 5.74) is 3.61. The molecular weight excluding hydrogens is 307 g/mol. The van der Waals surface area contributed by atoms with Gasteiger partial charge < -0.3 is 4.90 Å². The van der Waals surface area contributed by atoms with Crippen molar-refractivity contribution in [3.8, 4) is 11.1 Å². The first-order valence-corrected chi connectivity index (χ1v) is 8.19. The molecule has 2 aromatic heterocycles. The molecule has 1 aliphatic rings. The minimum atomic E-state index is -0.221. The van der Waals surface area contributed by atoms with Crippen LogP contribution in [0.15, 0.2) is 35.3 Å². The summed E-state index contributed by atoms with van der Waals surface area (Å²) in [6.07, 6.45) is 2.95. The second-order valence-corrected chi connectivity index (χ2v) is 6.33. The van der Waals surface area contributed by atoms with Gasteiger partial charge in [-0.25, -0.2) is 14.2 Å².